The summed E-state index contributed by atoms with van der Waals surface area (Å²) in [6, 6.07) is 0. The average Bonchev–Trinajstić information content (AvgIpc) is 2.24. The Morgan fingerprint density at radius 1 is 1.06 bits per heavy atom. The molecule has 16 heavy (non-hydrogen) atoms. The molecule has 0 aliphatic rings. The zero-order valence-electron chi connectivity index (χ0n) is 12.2. The molecule has 0 aliphatic carbocycles. The maximum atomic E-state index is 3.56. The van der Waals surface area contributed by atoms with Gasteiger partial charge in [0.05, 0.1) is 0 Å². The van der Waals surface area contributed by atoms with Gasteiger partial charge in [-0.25, -0.2) is 0 Å². The molecule has 1 N–H and O–H groups in total. The van der Waals surface area contributed by atoms with Crippen molar-refractivity contribution in [2.75, 3.05) is 13.1 Å². The predicted molar refractivity (Wildman–Crippen MR) is 74.9 cm³/mol. The van der Waals surface area contributed by atoms with E-state index in [9.17, 15) is 0 Å². The summed E-state index contributed by atoms with van der Waals surface area (Å²) < 4.78 is 0. The first-order valence-corrected chi connectivity index (χ1v) is 7.26. The van der Waals surface area contributed by atoms with Gasteiger partial charge in [-0.15, -0.1) is 0 Å². The summed E-state index contributed by atoms with van der Waals surface area (Å²) in [5.74, 6) is 0.929. The topological polar surface area (TPSA) is 12.0 Å². The lowest BCUT2D eigenvalue weighted by Gasteiger charge is -2.29. The first kappa shape index (κ1) is 16.0. The lowest BCUT2D eigenvalue weighted by molar-refractivity contribution is 0.239. The molecule has 0 amide bonds. The standard InChI is InChI=1S/C15H33N/c1-6-9-10-14(8-3)12-15(4,5)13-16-11-7-2/h14,16H,6-13H2,1-5H3. The Balaban J connectivity index is 3.89. The molecule has 0 aromatic heterocycles. The van der Waals surface area contributed by atoms with Gasteiger partial charge in [-0.05, 0) is 30.7 Å². The zero-order chi connectivity index (χ0) is 12.4. The third-order valence-corrected chi connectivity index (χ3v) is 3.41. The highest BCUT2D eigenvalue weighted by molar-refractivity contribution is 4.75. The van der Waals surface area contributed by atoms with Crippen LogP contribution in [0.2, 0.25) is 0 Å². The molecule has 1 atom stereocenters. The Bertz CT molecular complexity index is 152. The highest BCUT2D eigenvalue weighted by Gasteiger charge is 2.21. The molecule has 0 spiro atoms. The summed E-state index contributed by atoms with van der Waals surface area (Å²) in [5.41, 5.74) is 0.462. The van der Waals surface area contributed by atoms with Gasteiger partial charge in [0.2, 0.25) is 0 Å². The number of rotatable bonds is 10. The minimum atomic E-state index is 0.462. The Labute approximate surface area is 103 Å². The van der Waals surface area contributed by atoms with Crippen molar-refractivity contribution in [3.8, 4) is 0 Å². The van der Waals surface area contributed by atoms with E-state index in [-0.39, 0.29) is 0 Å². The average molecular weight is 227 g/mol. The summed E-state index contributed by atoms with van der Waals surface area (Å²) in [4.78, 5) is 0. The summed E-state index contributed by atoms with van der Waals surface area (Å²) in [6.07, 6.45) is 8.12. The number of hydrogen-bond acceptors (Lipinski definition) is 1. The largest absolute Gasteiger partial charge is 0.316 e. The van der Waals surface area contributed by atoms with Crippen LogP contribution in [0.5, 0.6) is 0 Å². The zero-order valence-corrected chi connectivity index (χ0v) is 12.2. The van der Waals surface area contributed by atoms with Crippen LogP contribution in [0.4, 0.5) is 0 Å². The van der Waals surface area contributed by atoms with E-state index in [1.165, 1.54) is 45.1 Å². The van der Waals surface area contributed by atoms with Crippen molar-refractivity contribution in [3.05, 3.63) is 0 Å². The Morgan fingerprint density at radius 3 is 2.25 bits per heavy atom. The summed E-state index contributed by atoms with van der Waals surface area (Å²) >= 11 is 0. The van der Waals surface area contributed by atoms with Crippen LogP contribution in [0.3, 0.4) is 0 Å². The Morgan fingerprint density at radius 2 is 1.75 bits per heavy atom. The second kappa shape index (κ2) is 9.04. The first-order chi connectivity index (χ1) is 7.55. The van der Waals surface area contributed by atoms with Gasteiger partial charge in [0.1, 0.15) is 0 Å². The lowest BCUT2D eigenvalue weighted by Crippen LogP contribution is -2.31. The fraction of sp³-hybridized carbons (Fsp3) is 1.00. The van der Waals surface area contributed by atoms with E-state index in [2.05, 4.69) is 39.9 Å². The molecular formula is C15H33N. The van der Waals surface area contributed by atoms with Gasteiger partial charge in [-0.1, -0.05) is 60.3 Å². The van der Waals surface area contributed by atoms with Crippen molar-refractivity contribution in [3.63, 3.8) is 0 Å². The van der Waals surface area contributed by atoms with Crippen molar-refractivity contribution < 1.29 is 0 Å². The van der Waals surface area contributed by atoms with Gasteiger partial charge in [-0.3, -0.25) is 0 Å². The SMILES string of the molecule is CCCCC(CC)CC(C)(C)CNCCC. The fourth-order valence-corrected chi connectivity index (χ4v) is 2.40. The van der Waals surface area contributed by atoms with Crippen LogP contribution in [-0.4, -0.2) is 13.1 Å². The second-order valence-electron chi connectivity index (χ2n) is 5.96. The van der Waals surface area contributed by atoms with Crippen molar-refractivity contribution in [1.82, 2.24) is 5.32 Å². The molecule has 0 aromatic rings. The smallest absolute Gasteiger partial charge is 0.000262 e. The number of hydrogen-bond donors (Lipinski definition) is 1. The van der Waals surface area contributed by atoms with Gasteiger partial charge in [0, 0.05) is 6.54 Å². The molecule has 1 nitrogen and oxygen atoms in total. The van der Waals surface area contributed by atoms with Crippen molar-refractivity contribution >= 4 is 0 Å². The third kappa shape index (κ3) is 8.15. The fourth-order valence-electron chi connectivity index (χ4n) is 2.40. The Hall–Kier alpha value is -0.0400. The molecular weight excluding hydrogens is 194 g/mol. The normalized spacial score (nSPS) is 14.1. The van der Waals surface area contributed by atoms with Gasteiger partial charge in [0.15, 0.2) is 0 Å². The first-order valence-electron chi connectivity index (χ1n) is 7.26. The van der Waals surface area contributed by atoms with Crippen molar-refractivity contribution in [2.45, 2.75) is 73.1 Å². The van der Waals surface area contributed by atoms with Crippen LogP contribution in [-0.2, 0) is 0 Å². The van der Waals surface area contributed by atoms with E-state index >= 15 is 0 Å². The number of nitrogens with one attached hydrogen (secondary N) is 1. The van der Waals surface area contributed by atoms with Gasteiger partial charge in [-0.2, -0.15) is 0 Å². The molecule has 0 aromatic carbocycles. The van der Waals surface area contributed by atoms with Crippen LogP contribution in [0.25, 0.3) is 0 Å². The van der Waals surface area contributed by atoms with Crippen LogP contribution < -0.4 is 5.32 Å². The lowest BCUT2D eigenvalue weighted by atomic mass is 9.79. The monoisotopic (exact) mass is 227 g/mol. The predicted octanol–water partition coefficient (Wildman–Crippen LogP) is 4.62. The second-order valence-corrected chi connectivity index (χ2v) is 5.96. The molecule has 0 heterocycles. The van der Waals surface area contributed by atoms with Gasteiger partial charge in [0.25, 0.3) is 0 Å². The van der Waals surface area contributed by atoms with E-state index in [0.29, 0.717) is 5.41 Å². The molecule has 0 saturated carbocycles. The molecule has 0 radical (unpaired) electrons. The molecule has 0 rings (SSSR count). The molecule has 0 fully saturated rings. The minimum absolute atomic E-state index is 0.462. The van der Waals surface area contributed by atoms with Crippen LogP contribution in [0.15, 0.2) is 0 Å². The maximum absolute atomic E-state index is 3.56. The molecule has 0 saturated heterocycles. The maximum Gasteiger partial charge on any atom is 0.000262 e. The molecule has 0 bridgehead atoms. The summed E-state index contributed by atoms with van der Waals surface area (Å²) in [5, 5.41) is 3.56. The highest BCUT2D eigenvalue weighted by atomic mass is 14.9. The van der Waals surface area contributed by atoms with Crippen LogP contribution in [0.1, 0.15) is 73.1 Å². The van der Waals surface area contributed by atoms with E-state index < -0.39 is 0 Å². The van der Waals surface area contributed by atoms with Gasteiger partial charge >= 0.3 is 0 Å². The van der Waals surface area contributed by atoms with E-state index in [1.54, 1.807) is 0 Å². The van der Waals surface area contributed by atoms with E-state index in [0.717, 1.165) is 12.5 Å². The molecule has 1 unspecified atom stereocenters. The molecule has 98 valence electrons. The quantitative estimate of drug-likeness (QED) is 0.537. The van der Waals surface area contributed by atoms with Crippen LogP contribution in [0, 0.1) is 11.3 Å². The third-order valence-electron chi connectivity index (χ3n) is 3.41. The summed E-state index contributed by atoms with van der Waals surface area (Å²) in [6.45, 7) is 14.0. The van der Waals surface area contributed by atoms with Gasteiger partial charge < -0.3 is 5.32 Å². The Kier molecular flexibility index (Phi) is 9.02. The van der Waals surface area contributed by atoms with Crippen molar-refractivity contribution in [1.29, 1.82) is 0 Å². The van der Waals surface area contributed by atoms with Crippen molar-refractivity contribution in [2.24, 2.45) is 11.3 Å². The molecule has 1 heteroatoms. The molecule has 0 aliphatic heterocycles. The minimum Gasteiger partial charge on any atom is -0.316 e. The number of unbranched alkanes of at least 4 members (excludes halogenated alkanes) is 1. The highest BCUT2D eigenvalue weighted by Crippen LogP contribution is 2.29. The van der Waals surface area contributed by atoms with E-state index in [1.807, 2.05) is 0 Å². The van der Waals surface area contributed by atoms with Crippen LogP contribution >= 0.6 is 0 Å². The van der Waals surface area contributed by atoms with E-state index in [4.69, 9.17) is 0 Å². The summed E-state index contributed by atoms with van der Waals surface area (Å²) in [7, 11) is 0.